The number of benzene rings is 3. The molecule has 0 saturated carbocycles. The minimum Gasteiger partial charge on any atom is -0.491 e. The van der Waals surface area contributed by atoms with Gasteiger partial charge < -0.3 is 14.7 Å². The normalized spacial score (nSPS) is 14.0. The van der Waals surface area contributed by atoms with E-state index in [9.17, 15) is 4.79 Å². The number of aliphatic hydroxyl groups excluding tert-OH is 1. The van der Waals surface area contributed by atoms with E-state index in [1.54, 1.807) is 0 Å². The predicted octanol–water partition coefficient (Wildman–Crippen LogP) is 7.16. The zero-order chi connectivity index (χ0) is 30.6. The number of rotatable bonds is 14. The van der Waals surface area contributed by atoms with Gasteiger partial charge in [-0.15, -0.1) is 0 Å². The van der Waals surface area contributed by atoms with E-state index in [-0.39, 0.29) is 25.2 Å². The van der Waals surface area contributed by atoms with Crippen LogP contribution in [0.25, 0.3) is 11.1 Å². The van der Waals surface area contributed by atoms with Gasteiger partial charge in [0.25, 0.3) is 5.91 Å². The molecule has 1 saturated heterocycles. The van der Waals surface area contributed by atoms with E-state index in [2.05, 4.69) is 70.2 Å². The summed E-state index contributed by atoms with van der Waals surface area (Å²) >= 11 is 0. The molecule has 1 N–H and O–H groups in total. The first-order valence-electron chi connectivity index (χ1n) is 16.1. The monoisotopic (exact) mass is 591 g/mol. The number of carbonyl (C=O) groups excluding carboxylic acids is 1. The third kappa shape index (κ3) is 8.77. The number of hydrogen-bond donors (Lipinski definition) is 1. The Bertz CT molecular complexity index is 1420. The second kappa shape index (κ2) is 16.2. The van der Waals surface area contributed by atoms with Crippen LogP contribution in [0.2, 0.25) is 0 Å². The lowest BCUT2D eigenvalue weighted by atomic mass is 9.99. The number of aliphatic hydroxyl groups is 1. The number of nitrogens with zero attached hydrogens (tertiary/aromatic N) is 3. The van der Waals surface area contributed by atoms with Gasteiger partial charge in [-0.05, 0) is 89.9 Å². The number of aryl methyl sites for hydroxylation is 1. The van der Waals surface area contributed by atoms with E-state index in [0.717, 1.165) is 66.9 Å². The molecule has 0 bridgehead atoms. The summed E-state index contributed by atoms with van der Waals surface area (Å²) in [5, 5.41) is 8.99. The Hall–Kier alpha value is -4.00. The quantitative estimate of drug-likeness (QED) is 0.158. The van der Waals surface area contributed by atoms with Gasteiger partial charge in [-0.25, -0.2) is 0 Å². The first-order valence-corrected chi connectivity index (χ1v) is 16.1. The predicted molar refractivity (Wildman–Crippen MR) is 177 cm³/mol. The Kier molecular flexibility index (Phi) is 11.6. The van der Waals surface area contributed by atoms with E-state index in [1.807, 2.05) is 48.8 Å². The second-order valence-corrected chi connectivity index (χ2v) is 11.7. The highest BCUT2D eigenvalue weighted by Gasteiger charge is 2.29. The van der Waals surface area contributed by atoms with Crippen LogP contribution in [0.15, 0.2) is 97.3 Å². The minimum absolute atomic E-state index is 0.00217. The summed E-state index contributed by atoms with van der Waals surface area (Å²) in [6, 6.07) is 29.1. The molecule has 1 aliphatic rings. The molecule has 1 aromatic heterocycles. The van der Waals surface area contributed by atoms with Crippen LogP contribution in [0.1, 0.15) is 66.1 Å². The van der Waals surface area contributed by atoms with Crippen LogP contribution >= 0.6 is 0 Å². The molecule has 0 atom stereocenters. The van der Waals surface area contributed by atoms with Gasteiger partial charge in [0.05, 0.1) is 6.61 Å². The van der Waals surface area contributed by atoms with Crippen molar-refractivity contribution in [1.29, 1.82) is 0 Å². The van der Waals surface area contributed by atoms with Gasteiger partial charge >= 0.3 is 0 Å². The molecule has 0 unspecified atom stereocenters. The summed E-state index contributed by atoms with van der Waals surface area (Å²) in [6.45, 7) is 5.93. The molecule has 1 fully saturated rings. The van der Waals surface area contributed by atoms with E-state index in [4.69, 9.17) is 9.84 Å². The molecule has 3 aromatic carbocycles. The van der Waals surface area contributed by atoms with Crippen LogP contribution in [0, 0.1) is 0 Å². The summed E-state index contributed by atoms with van der Waals surface area (Å²) in [4.78, 5) is 22.8. The van der Waals surface area contributed by atoms with Crippen LogP contribution in [-0.4, -0.2) is 58.1 Å². The van der Waals surface area contributed by atoms with Gasteiger partial charge in [-0.1, -0.05) is 68.3 Å². The van der Waals surface area contributed by atoms with E-state index in [0.29, 0.717) is 6.54 Å². The molecule has 44 heavy (non-hydrogen) atoms. The van der Waals surface area contributed by atoms with E-state index < -0.39 is 0 Å². The molecule has 0 spiro atoms. The highest BCUT2D eigenvalue weighted by atomic mass is 16.5. The second-order valence-electron chi connectivity index (χ2n) is 11.7. The summed E-state index contributed by atoms with van der Waals surface area (Å²) in [5.41, 5.74) is 6.68. The first-order chi connectivity index (χ1) is 21.6. The van der Waals surface area contributed by atoms with Crippen molar-refractivity contribution >= 4 is 5.91 Å². The molecule has 230 valence electrons. The standard InChI is InChI=1S/C38H45N3O3/c1-2-3-4-5-30-6-12-35(13-7-30)38(43)41(36-20-24-40(25-21-36)28-32-18-22-39-23-19-32)29-31-8-10-33(11-9-31)34-14-16-37(17-15-34)44-27-26-42/h6-19,22-23,36,42H,2-5,20-21,24-29H2,1H3. The number of unbranched alkanes of at least 4 members (excludes halogenated alkanes) is 2. The molecule has 1 amide bonds. The lowest BCUT2D eigenvalue weighted by Crippen LogP contribution is -2.46. The van der Waals surface area contributed by atoms with Gasteiger partial charge in [-0.3, -0.25) is 14.7 Å². The van der Waals surface area contributed by atoms with Crippen LogP contribution in [0.5, 0.6) is 5.75 Å². The fraction of sp³-hybridized carbons (Fsp3) is 0.368. The Morgan fingerprint density at radius 2 is 1.48 bits per heavy atom. The van der Waals surface area contributed by atoms with Gasteiger partial charge in [0, 0.05) is 50.2 Å². The van der Waals surface area contributed by atoms with E-state index in [1.165, 1.54) is 30.4 Å². The molecule has 6 nitrogen and oxygen atoms in total. The number of carbonyl (C=O) groups is 1. The van der Waals surface area contributed by atoms with Crippen LogP contribution in [-0.2, 0) is 19.5 Å². The van der Waals surface area contributed by atoms with Crippen molar-refractivity contribution in [2.75, 3.05) is 26.3 Å². The van der Waals surface area contributed by atoms with Crippen molar-refractivity contribution < 1.29 is 14.6 Å². The fourth-order valence-electron chi connectivity index (χ4n) is 5.97. The average molecular weight is 592 g/mol. The smallest absolute Gasteiger partial charge is 0.254 e. The lowest BCUT2D eigenvalue weighted by molar-refractivity contribution is 0.0543. The molecular weight excluding hydrogens is 546 g/mol. The molecule has 2 heterocycles. The topological polar surface area (TPSA) is 65.9 Å². The Labute approximate surface area is 262 Å². The average Bonchev–Trinajstić information content (AvgIpc) is 3.08. The lowest BCUT2D eigenvalue weighted by Gasteiger charge is -2.39. The largest absolute Gasteiger partial charge is 0.491 e. The number of amides is 1. The van der Waals surface area contributed by atoms with Crippen molar-refractivity contribution in [3.63, 3.8) is 0 Å². The van der Waals surface area contributed by atoms with Crippen LogP contribution < -0.4 is 4.74 Å². The Morgan fingerprint density at radius 3 is 2.11 bits per heavy atom. The van der Waals surface area contributed by atoms with E-state index >= 15 is 0 Å². The molecule has 0 aliphatic carbocycles. The van der Waals surface area contributed by atoms with Crippen LogP contribution in [0.3, 0.4) is 0 Å². The maximum absolute atomic E-state index is 14.1. The highest BCUT2D eigenvalue weighted by molar-refractivity contribution is 5.94. The summed E-state index contributed by atoms with van der Waals surface area (Å²) in [7, 11) is 0. The zero-order valence-corrected chi connectivity index (χ0v) is 25.9. The third-order valence-electron chi connectivity index (χ3n) is 8.54. The molecule has 1 aliphatic heterocycles. The van der Waals surface area contributed by atoms with Crippen molar-refractivity contribution in [2.45, 2.75) is 64.6 Å². The zero-order valence-electron chi connectivity index (χ0n) is 25.9. The number of ether oxygens (including phenoxy) is 1. The minimum atomic E-state index is -0.00217. The number of piperidine rings is 1. The summed E-state index contributed by atoms with van der Waals surface area (Å²) in [5.74, 6) is 0.856. The van der Waals surface area contributed by atoms with Crippen molar-refractivity contribution in [1.82, 2.24) is 14.8 Å². The molecule has 0 radical (unpaired) electrons. The third-order valence-corrected chi connectivity index (χ3v) is 8.54. The van der Waals surface area contributed by atoms with Crippen molar-refractivity contribution in [3.8, 4) is 16.9 Å². The van der Waals surface area contributed by atoms with Crippen molar-refractivity contribution in [2.24, 2.45) is 0 Å². The number of pyridine rings is 1. The van der Waals surface area contributed by atoms with Crippen LogP contribution in [0.4, 0.5) is 0 Å². The summed E-state index contributed by atoms with van der Waals surface area (Å²) in [6.07, 6.45) is 10.3. The SMILES string of the molecule is CCCCCc1ccc(C(=O)N(Cc2ccc(-c3ccc(OCCO)cc3)cc2)C2CCN(Cc3ccncc3)CC2)cc1. The molecular formula is C38H45N3O3. The Balaban J connectivity index is 1.28. The fourth-order valence-corrected chi connectivity index (χ4v) is 5.97. The van der Waals surface area contributed by atoms with Crippen molar-refractivity contribution in [3.05, 3.63) is 120 Å². The molecule has 4 aromatic rings. The Morgan fingerprint density at radius 1 is 0.841 bits per heavy atom. The van der Waals surface area contributed by atoms with Gasteiger partial charge in [-0.2, -0.15) is 0 Å². The van der Waals surface area contributed by atoms with Gasteiger partial charge in [0.15, 0.2) is 0 Å². The molecule has 6 heteroatoms. The van der Waals surface area contributed by atoms with Gasteiger partial charge in [0.1, 0.15) is 12.4 Å². The maximum atomic E-state index is 14.1. The number of aromatic nitrogens is 1. The maximum Gasteiger partial charge on any atom is 0.254 e. The number of hydrogen-bond acceptors (Lipinski definition) is 5. The first kappa shape index (κ1) is 31.4. The number of likely N-dealkylation sites (tertiary alicyclic amines) is 1. The molecule has 5 rings (SSSR count). The summed E-state index contributed by atoms with van der Waals surface area (Å²) < 4.78 is 5.50. The highest BCUT2D eigenvalue weighted by Crippen LogP contribution is 2.26. The van der Waals surface area contributed by atoms with Gasteiger partial charge in [0.2, 0.25) is 0 Å².